The lowest BCUT2D eigenvalue weighted by Gasteiger charge is -1.96. The normalized spacial score (nSPS) is 8.81. The van der Waals surface area contributed by atoms with Crippen LogP contribution in [-0.2, 0) is 6.42 Å². The molecule has 0 amide bonds. The first-order valence-electron chi connectivity index (χ1n) is 8.80. The van der Waals surface area contributed by atoms with Crippen LogP contribution in [0.4, 0.5) is 0 Å². The Kier molecular flexibility index (Phi) is 10.6. The molecule has 0 saturated heterocycles. The predicted octanol–water partition coefficient (Wildman–Crippen LogP) is 7.55. The fourth-order valence-electron chi connectivity index (χ4n) is 2.19. The molecule has 0 aromatic heterocycles. The third kappa shape index (κ3) is 8.12. The number of hydrogen-bond donors (Lipinski definition) is 0. The standard InChI is InChI=1S/C10H10.C8H10.C8H8/c1-3-9-7-5-6-8-10(9)4-2;2*1-2-8-6-4-3-5-7-8/h3-8H,1-2H2;3-7H,2H2,1H3;2-7H,1H2. The van der Waals surface area contributed by atoms with E-state index in [1.54, 1.807) is 0 Å². The zero-order chi connectivity index (χ0) is 19.0. The molecule has 0 unspecified atom stereocenters. The van der Waals surface area contributed by atoms with E-state index in [0.29, 0.717) is 0 Å². The average Bonchev–Trinajstić information content (AvgIpc) is 2.75. The van der Waals surface area contributed by atoms with Crippen molar-refractivity contribution in [2.75, 3.05) is 0 Å². The highest BCUT2D eigenvalue weighted by molar-refractivity contribution is 5.63. The molecule has 0 atom stereocenters. The summed E-state index contributed by atoms with van der Waals surface area (Å²) in [5.74, 6) is 0. The number of rotatable bonds is 4. The molecule has 0 bridgehead atoms. The van der Waals surface area contributed by atoms with Gasteiger partial charge >= 0.3 is 0 Å². The van der Waals surface area contributed by atoms with Crippen LogP contribution in [0.3, 0.4) is 0 Å². The fraction of sp³-hybridized carbons (Fsp3) is 0.0769. The first-order valence-corrected chi connectivity index (χ1v) is 8.80. The lowest BCUT2D eigenvalue weighted by atomic mass is 10.1. The van der Waals surface area contributed by atoms with Crippen LogP contribution in [0.5, 0.6) is 0 Å². The molecule has 0 aliphatic rings. The zero-order valence-electron chi connectivity index (χ0n) is 15.6. The quantitative estimate of drug-likeness (QED) is 0.460. The summed E-state index contributed by atoms with van der Waals surface area (Å²) in [6.07, 6.45) is 6.63. The highest BCUT2D eigenvalue weighted by Gasteiger charge is 1.89. The summed E-state index contributed by atoms with van der Waals surface area (Å²) >= 11 is 0. The van der Waals surface area contributed by atoms with Gasteiger partial charge in [0.15, 0.2) is 0 Å². The number of aryl methyl sites for hydroxylation is 1. The summed E-state index contributed by atoms with van der Waals surface area (Å²) in [7, 11) is 0. The molecule has 0 heteroatoms. The topological polar surface area (TPSA) is 0 Å². The zero-order valence-corrected chi connectivity index (χ0v) is 15.6. The molecule has 3 aromatic carbocycles. The summed E-state index contributed by atoms with van der Waals surface area (Å²) in [6.45, 7) is 13.2. The first kappa shape index (κ1) is 20.9. The van der Waals surface area contributed by atoms with Crippen molar-refractivity contribution in [1.29, 1.82) is 0 Å². The number of benzene rings is 3. The van der Waals surface area contributed by atoms with E-state index in [0.717, 1.165) is 17.5 Å². The average molecular weight is 341 g/mol. The van der Waals surface area contributed by atoms with Gasteiger partial charge in [0.05, 0.1) is 0 Å². The minimum absolute atomic E-state index is 1.14. The minimum atomic E-state index is 1.14. The first-order chi connectivity index (χ1) is 12.7. The smallest absolute Gasteiger partial charge is 0.0190 e. The lowest BCUT2D eigenvalue weighted by Crippen LogP contribution is -1.76. The van der Waals surface area contributed by atoms with Gasteiger partial charge in [0.25, 0.3) is 0 Å². The molecule has 0 aliphatic heterocycles. The van der Waals surface area contributed by atoms with Crippen LogP contribution in [0.2, 0.25) is 0 Å². The summed E-state index contributed by atoms with van der Waals surface area (Å²) < 4.78 is 0. The summed E-state index contributed by atoms with van der Waals surface area (Å²) in [5, 5.41) is 0. The predicted molar refractivity (Wildman–Crippen MR) is 119 cm³/mol. The maximum atomic E-state index is 3.69. The lowest BCUT2D eigenvalue weighted by molar-refractivity contribution is 1.14. The highest BCUT2D eigenvalue weighted by atomic mass is 13.9. The van der Waals surface area contributed by atoms with Crippen LogP contribution < -0.4 is 0 Å². The third-order valence-electron chi connectivity index (χ3n) is 3.72. The van der Waals surface area contributed by atoms with E-state index in [1.807, 2.05) is 78.9 Å². The van der Waals surface area contributed by atoms with Crippen molar-refractivity contribution in [3.05, 3.63) is 127 Å². The van der Waals surface area contributed by atoms with Crippen molar-refractivity contribution >= 4 is 18.2 Å². The van der Waals surface area contributed by atoms with E-state index in [9.17, 15) is 0 Å². The van der Waals surface area contributed by atoms with Crippen LogP contribution in [0.1, 0.15) is 29.2 Å². The molecule has 0 nitrogen and oxygen atoms in total. The molecule has 0 N–H and O–H groups in total. The van der Waals surface area contributed by atoms with Gasteiger partial charge in [0.1, 0.15) is 0 Å². The fourth-order valence-corrected chi connectivity index (χ4v) is 2.19. The molecule has 0 heterocycles. The van der Waals surface area contributed by atoms with Crippen LogP contribution in [0, 0.1) is 0 Å². The molecular weight excluding hydrogens is 312 g/mol. The van der Waals surface area contributed by atoms with Crippen molar-refractivity contribution in [3.8, 4) is 0 Å². The van der Waals surface area contributed by atoms with Crippen LogP contribution >= 0.6 is 0 Å². The largest absolute Gasteiger partial charge is 0.0985 e. The van der Waals surface area contributed by atoms with Gasteiger partial charge in [-0.3, -0.25) is 0 Å². The Morgan fingerprint density at radius 3 is 1.31 bits per heavy atom. The van der Waals surface area contributed by atoms with Crippen LogP contribution in [0.15, 0.2) is 105 Å². The summed E-state index contributed by atoms with van der Waals surface area (Å²) in [5.41, 5.74) is 4.86. The molecule has 0 saturated carbocycles. The molecule has 26 heavy (non-hydrogen) atoms. The highest BCUT2D eigenvalue weighted by Crippen LogP contribution is 2.10. The van der Waals surface area contributed by atoms with E-state index < -0.39 is 0 Å². The van der Waals surface area contributed by atoms with Gasteiger partial charge in [0, 0.05) is 0 Å². The van der Waals surface area contributed by atoms with E-state index in [4.69, 9.17) is 0 Å². The molecule has 3 aromatic rings. The maximum Gasteiger partial charge on any atom is -0.0190 e. The van der Waals surface area contributed by atoms with E-state index >= 15 is 0 Å². The van der Waals surface area contributed by atoms with E-state index in [-0.39, 0.29) is 0 Å². The third-order valence-corrected chi connectivity index (χ3v) is 3.72. The Hall–Kier alpha value is -3.12. The second-order valence-corrected chi connectivity index (χ2v) is 5.49. The Bertz CT molecular complexity index is 740. The van der Waals surface area contributed by atoms with Crippen molar-refractivity contribution in [2.45, 2.75) is 13.3 Å². The maximum absolute atomic E-state index is 3.69. The summed E-state index contributed by atoms with van der Waals surface area (Å²) in [4.78, 5) is 0. The van der Waals surface area contributed by atoms with Gasteiger partial charge < -0.3 is 0 Å². The Labute approximate surface area is 158 Å². The van der Waals surface area contributed by atoms with Gasteiger partial charge in [-0.2, -0.15) is 0 Å². The van der Waals surface area contributed by atoms with Gasteiger partial charge in [-0.05, 0) is 28.7 Å². The van der Waals surface area contributed by atoms with Crippen LogP contribution in [-0.4, -0.2) is 0 Å². The van der Waals surface area contributed by atoms with Gasteiger partial charge in [-0.15, -0.1) is 0 Å². The molecule has 0 radical (unpaired) electrons. The van der Waals surface area contributed by atoms with Gasteiger partial charge in [-0.1, -0.05) is 130 Å². The van der Waals surface area contributed by atoms with Gasteiger partial charge in [0.2, 0.25) is 0 Å². The Morgan fingerprint density at radius 1 is 0.577 bits per heavy atom. The molecular formula is C26H28. The van der Waals surface area contributed by atoms with Crippen molar-refractivity contribution in [3.63, 3.8) is 0 Å². The minimum Gasteiger partial charge on any atom is -0.0985 e. The van der Waals surface area contributed by atoms with Gasteiger partial charge in [-0.25, -0.2) is 0 Å². The SMILES string of the molecule is C=Cc1ccccc1.C=Cc1ccccc1C=C.CCc1ccccc1. The molecule has 0 spiro atoms. The van der Waals surface area contributed by atoms with Crippen molar-refractivity contribution in [1.82, 2.24) is 0 Å². The summed E-state index contributed by atoms with van der Waals surface area (Å²) in [6, 6.07) is 28.5. The van der Waals surface area contributed by atoms with Crippen molar-refractivity contribution < 1.29 is 0 Å². The van der Waals surface area contributed by atoms with Crippen LogP contribution in [0.25, 0.3) is 18.2 Å². The van der Waals surface area contributed by atoms with E-state index in [2.05, 4.69) is 50.9 Å². The van der Waals surface area contributed by atoms with Crippen molar-refractivity contribution in [2.24, 2.45) is 0 Å². The molecule has 0 aliphatic carbocycles. The second-order valence-electron chi connectivity index (χ2n) is 5.49. The van der Waals surface area contributed by atoms with E-state index in [1.165, 1.54) is 11.1 Å². The Morgan fingerprint density at radius 2 is 1.00 bits per heavy atom. The molecule has 0 fully saturated rings. The number of hydrogen-bond acceptors (Lipinski definition) is 0. The Balaban J connectivity index is 0.000000197. The monoisotopic (exact) mass is 340 g/mol. The molecule has 132 valence electrons. The molecule has 3 rings (SSSR count). The second kappa shape index (κ2) is 13.2.